The molecule has 0 atom stereocenters. The summed E-state index contributed by atoms with van der Waals surface area (Å²) < 4.78 is 2.16. The first-order chi connectivity index (χ1) is 15.8. The fourth-order valence-electron chi connectivity index (χ4n) is 4.14. The number of aryl methyl sites for hydroxylation is 3. The van der Waals surface area contributed by atoms with Crippen LogP contribution >= 0.6 is 11.8 Å². The molecular weight excluding hydrogens is 430 g/mol. The van der Waals surface area contributed by atoms with Crippen molar-refractivity contribution in [2.75, 3.05) is 0 Å². The maximum absolute atomic E-state index is 12.9. The Morgan fingerprint density at radius 2 is 1.70 bits per heavy atom. The summed E-state index contributed by atoms with van der Waals surface area (Å²) in [4.78, 5) is 17.1. The van der Waals surface area contributed by atoms with Gasteiger partial charge in [0.25, 0.3) is 5.91 Å². The first-order valence-corrected chi connectivity index (χ1v) is 11.5. The highest BCUT2D eigenvalue weighted by molar-refractivity contribution is 8.27. The Balaban J connectivity index is 1.52. The standard InChI is InChI=1S/C26H23N5OS/c1-15-7-5-9-19(11-15)25-29-31-23(27)22(24(32)28-26(31)33-25)14-20-13-17(3)30(18(20)4)21-10-6-8-16(2)12-21/h5-14,27H,1-4H3/b22-14+,27-23?. The highest BCUT2D eigenvalue weighted by Crippen LogP contribution is 2.32. The van der Waals surface area contributed by atoms with Crippen LogP contribution in [0.15, 0.2) is 70.3 Å². The van der Waals surface area contributed by atoms with E-state index in [1.807, 2.05) is 57.2 Å². The van der Waals surface area contributed by atoms with Crippen molar-refractivity contribution < 1.29 is 4.79 Å². The maximum Gasteiger partial charge on any atom is 0.283 e. The van der Waals surface area contributed by atoms with Gasteiger partial charge in [0.1, 0.15) is 5.04 Å². The minimum Gasteiger partial charge on any atom is -0.318 e. The van der Waals surface area contributed by atoms with Crippen LogP contribution in [0.4, 0.5) is 0 Å². The Hall–Kier alpha value is -3.71. The average Bonchev–Trinajstić information content (AvgIpc) is 3.31. The summed E-state index contributed by atoms with van der Waals surface area (Å²) in [6.07, 6.45) is 1.75. The van der Waals surface area contributed by atoms with Gasteiger partial charge in [-0.25, -0.2) is 0 Å². The summed E-state index contributed by atoms with van der Waals surface area (Å²) in [6, 6.07) is 18.3. The minimum absolute atomic E-state index is 0.0421. The van der Waals surface area contributed by atoms with E-state index < -0.39 is 5.91 Å². The molecule has 33 heavy (non-hydrogen) atoms. The van der Waals surface area contributed by atoms with Gasteiger partial charge in [-0.05, 0) is 80.9 Å². The van der Waals surface area contributed by atoms with Crippen molar-refractivity contribution in [1.29, 1.82) is 5.41 Å². The molecule has 5 rings (SSSR count). The number of benzene rings is 2. The fourth-order valence-corrected chi connectivity index (χ4v) is 5.03. The van der Waals surface area contributed by atoms with E-state index in [1.54, 1.807) is 6.08 Å². The number of hydrogen-bond acceptors (Lipinski definition) is 4. The maximum atomic E-state index is 12.9. The molecule has 3 heterocycles. The van der Waals surface area contributed by atoms with E-state index in [9.17, 15) is 4.79 Å². The molecule has 0 radical (unpaired) electrons. The third kappa shape index (κ3) is 3.74. The largest absolute Gasteiger partial charge is 0.318 e. The van der Waals surface area contributed by atoms with Crippen LogP contribution in [0.5, 0.6) is 0 Å². The summed E-state index contributed by atoms with van der Waals surface area (Å²) in [5.74, 6) is -0.375. The molecule has 3 aromatic rings. The number of hydrazone groups is 1. The number of nitrogens with one attached hydrogen (secondary N) is 1. The Labute approximate surface area is 196 Å². The van der Waals surface area contributed by atoms with Crippen LogP contribution < -0.4 is 0 Å². The van der Waals surface area contributed by atoms with E-state index in [2.05, 4.69) is 39.8 Å². The molecule has 0 saturated carbocycles. The number of hydrogen-bond donors (Lipinski definition) is 1. The van der Waals surface area contributed by atoms with Crippen LogP contribution in [0.3, 0.4) is 0 Å². The average molecular weight is 454 g/mol. The van der Waals surface area contributed by atoms with Gasteiger partial charge in [0.2, 0.25) is 5.17 Å². The molecule has 164 valence electrons. The molecule has 7 heteroatoms. The Kier molecular flexibility index (Phi) is 5.13. The van der Waals surface area contributed by atoms with E-state index in [0.717, 1.165) is 38.8 Å². The summed E-state index contributed by atoms with van der Waals surface area (Å²) >= 11 is 1.31. The molecule has 2 aliphatic rings. The summed E-state index contributed by atoms with van der Waals surface area (Å²) in [6.45, 7) is 8.15. The third-order valence-corrected chi connectivity index (χ3v) is 6.71. The highest BCUT2D eigenvalue weighted by Gasteiger charge is 2.36. The van der Waals surface area contributed by atoms with Crippen molar-refractivity contribution >= 4 is 39.8 Å². The molecule has 0 unspecified atom stereocenters. The molecular formula is C26H23N5OS. The molecule has 0 fully saturated rings. The van der Waals surface area contributed by atoms with Crippen molar-refractivity contribution in [3.05, 3.63) is 93.8 Å². The van der Waals surface area contributed by atoms with Crippen molar-refractivity contribution in [1.82, 2.24) is 9.58 Å². The number of carbonyl (C=O) groups excluding carboxylic acids is 1. The number of fused-ring (bicyclic) bond motifs is 1. The zero-order valence-corrected chi connectivity index (χ0v) is 19.7. The Morgan fingerprint density at radius 1 is 0.970 bits per heavy atom. The molecule has 1 N–H and O–H groups in total. The van der Waals surface area contributed by atoms with Crippen LogP contribution in [0.25, 0.3) is 11.8 Å². The van der Waals surface area contributed by atoms with Gasteiger partial charge < -0.3 is 4.57 Å². The van der Waals surface area contributed by atoms with E-state index in [-0.39, 0.29) is 11.4 Å². The number of carbonyl (C=O) groups is 1. The normalized spacial score (nSPS) is 16.8. The van der Waals surface area contributed by atoms with Crippen LogP contribution in [-0.4, -0.2) is 31.5 Å². The number of aliphatic imine (C=N–C) groups is 1. The lowest BCUT2D eigenvalue weighted by atomic mass is 10.1. The van der Waals surface area contributed by atoms with Crippen LogP contribution in [0.2, 0.25) is 0 Å². The number of amides is 1. The smallest absolute Gasteiger partial charge is 0.283 e. The minimum atomic E-state index is -0.417. The fraction of sp³-hybridized carbons (Fsp3) is 0.154. The first-order valence-electron chi connectivity index (χ1n) is 10.6. The van der Waals surface area contributed by atoms with E-state index in [4.69, 9.17) is 5.41 Å². The third-order valence-electron chi connectivity index (χ3n) is 5.75. The molecule has 0 aliphatic carbocycles. The number of amidine groups is 2. The lowest BCUT2D eigenvalue weighted by molar-refractivity contribution is -0.114. The molecule has 2 aromatic carbocycles. The van der Waals surface area contributed by atoms with Crippen molar-refractivity contribution in [2.24, 2.45) is 10.1 Å². The molecule has 0 saturated heterocycles. The molecule has 2 aliphatic heterocycles. The molecule has 1 aromatic heterocycles. The zero-order chi connectivity index (χ0) is 23.3. The number of thioether (sulfide) groups is 1. The molecule has 0 spiro atoms. The van der Waals surface area contributed by atoms with Gasteiger partial charge in [0.05, 0.1) is 5.57 Å². The second kappa shape index (κ2) is 8.01. The van der Waals surface area contributed by atoms with Crippen molar-refractivity contribution in [3.8, 4) is 5.69 Å². The lowest BCUT2D eigenvalue weighted by Gasteiger charge is -2.20. The number of rotatable bonds is 3. The summed E-state index contributed by atoms with van der Waals surface area (Å²) in [7, 11) is 0. The van der Waals surface area contributed by atoms with Gasteiger partial charge in [-0.2, -0.15) is 15.1 Å². The summed E-state index contributed by atoms with van der Waals surface area (Å²) in [5.41, 5.74) is 7.50. The van der Waals surface area contributed by atoms with Gasteiger partial charge in [0.15, 0.2) is 5.84 Å². The van der Waals surface area contributed by atoms with E-state index >= 15 is 0 Å². The quantitative estimate of drug-likeness (QED) is 0.541. The van der Waals surface area contributed by atoms with Gasteiger partial charge in [-0.3, -0.25) is 10.2 Å². The predicted molar refractivity (Wildman–Crippen MR) is 135 cm³/mol. The SMILES string of the molecule is Cc1cccc(C2=NN3C(=N)/C(=C\c4cc(C)n(-c5cccc(C)c5)c4C)C(=O)N=C3S2)c1. The topological polar surface area (TPSA) is 73.8 Å². The van der Waals surface area contributed by atoms with Gasteiger partial charge in [-0.15, -0.1) is 0 Å². The second-order valence-corrected chi connectivity index (χ2v) is 9.25. The second-order valence-electron chi connectivity index (χ2n) is 8.30. The van der Waals surface area contributed by atoms with Crippen LogP contribution in [-0.2, 0) is 4.79 Å². The Bertz CT molecular complexity index is 1430. The lowest BCUT2D eigenvalue weighted by Crippen LogP contribution is -2.35. The first kappa shape index (κ1) is 21.2. The monoisotopic (exact) mass is 453 g/mol. The molecule has 6 nitrogen and oxygen atoms in total. The number of aromatic nitrogens is 1. The van der Waals surface area contributed by atoms with Crippen LogP contribution in [0, 0.1) is 33.1 Å². The summed E-state index contributed by atoms with van der Waals surface area (Å²) in [5, 5.41) is 15.9. The Morgan fingerprint density at radius 3 is 2.42 bits per heavy atom. The van der Waals surface area contributed by atoms with E-state index in [1.165, 1.54) is 22.3 Å². The zero-order valence-electron chi connectivity index (χ0n) is 18.9. The highest BCUT2D eigenvalue weighted by atomic mass is 32.2. The van der Waals surface area contributed by atoms with Crippen molar-refractivity contribution in [2.45, 2.75) is 27.7 Å². The number of nitrogens with zero attached hydrogens (tertiary/aromatic N) is 4. The van der Waals surface area contributed by atoms with Gasteiger partial charge in [0, 0.05) is 22.6 Å². The molecule has 1 amide bonds. The molecule has 0 bridgehead atoms. The van der Waals surface area contributed by atoms with E-state index in [0.29, 0.717) is 5.17 Å². The van der Waals surface area contributed by atoms with Crippen LogP contribution in [0.1, 0.15) is 33.6 Å². The van der Waals surface area contributed by atoms with Gasteiger partial charge >= 0.3 is 0 Å². The predicted octanol–water partition coefficient (Wildman–Crippen LogP) is 5.38. The van der Waals surface area contributed by atoms with Gasteiger partial charge in [-0.1, -0.05) is 35.9 Å². The van der Waals surface area contributed by atoms with Crippen molar-refractivity contribution in [3.63, 3.8) is 0 Å².